The highest BCUT2D eigenvalue weighted by Gasteiger charge is 2.17. The molecule has 0 bridgehead atoms. The minimum atomic E-state index is 0.526. The van der Waals surface area contributed by atoms with Crippen LogP contribution in [-0.2, 0) is 0 Å². The molecule has 0 aliphatic rings. The van der Waals surface area contributed by atoms with E-state index in [0.29, 0.717) is 33.0 Å². The smallest absolute Gasteiger partial charge is 0.100 e. The lowest BCUT2D eigenvalue weighted by atomic mass is 9.88. The molecule has 6 rings (SSSR count). The number of nitrogens with zero attached hydrogens (tertiary/aromatic N) is 4. The van der Waals surface area contributed by atoms with Crippen LogP contribution >= 0.6 is 0 Å². The van der Waals surface area contributed by atoms with Crippen molar-refractivity contribution in [3.8, 4) is 35.4 Å². The monoisotopic (exact) mass is 454 g/mol. The van der Waals surface area contributed by atoms with Crippen molar-refractivity contribution in [3.05, 3.63) is 107 Å². The first-order valence-electron chi connectivity index (χ1n) is 11.3. The van der Waals surface area contributed by atoms with Crippen molar-refractivity contribution in [1.29, 1.82) is 21.0 Å². The van der Waals surface area contributed by atoms with Crippen molar-refractivity contribution in [2.45, 2.75) is 0 Å². The molecule has 6 aromatic rings. The van der Waals surface area contributed by atoms with Gasteiger partial charge < -0.3 is 0 Å². The average molecular weight is 454 g/mol. The normalized spacial score (nSPS) is 10.7. The summed E-state index contributed by atoms with van der Waals surface area (Å²) in [7, 11) is 0. The molecule has 0 unspecified atom stereocenters. The Morgan fingerprint density at radius 1 is 0.333 bits per heavy atom. The number of hydrogen-bond donors (Lipinski definition) is 0. The van der Waals surface area contributed by atoms with E-state index >= 15 is 0 Å². The maximum Gasteiger partial charge on any atom is 0.100 e. The van der Waals surface area contributed by atoms with Crippen LogP contribution in [0.25, 0.3) is 54.2 Å². The quantitative estimate of drug-likeness (QED) is 0.241. The van der Waals surface area contributed by atoms with Crippen LogP contribution in [-0.4, -0.2) is 0 Å². The summed E-state index contributed by atoms with van der Waals surface area (Å²) in [5.74, 6) is 0. The third kappa shape index (κ3) is 2.84. The molecule has 0 atom stereocenters. The van der Waals surface area contributed by atoms with Gasteiger partial charge in [0.05, 0.1) is 22.3 Å². The van der Waals surface area contributed by atoms with E-state index in [1.165, 1.54) is 0 Å². The van der Waals surface area contributed by atoms with E-state index in [0.717, 1.165) is 43.4 Å². The number of rotatable bonds is 1. The molecule has 0 radical (unpaired) electrons. The fourth-order valence-electron chi connectivity index (χ4n) is 5.20. The molecule has 0 aromatic heterocycles. The van der Waals surface area contributed by atoms with Gasteiger partial charge in [-0.05, 0) is 23.3 Å². The Balaban J connectivity index is 1.68. The zero-order valence-electron chi connectivity index (χ0n) is 18.9. The lowest BCUT2D eigenvalue weighted by molar-refractivity contribution is 1.50. The van der Waals surface area contributed by atoms with E-state index < -0.39 is 0 Å². The minimum Gasteiger partial charge on any atom is -0.192 e. The summed E-state index contributed by atoms with van der Waals surface area (Å²) in [6, 6.07) is 35.7. The summed E-state index contributed by atoms with van der Waals surface area (Å²) in [4.78, 5) is 0. The maximum atomic E-state index is 10.0. The highest BCUT2D eigenvalue weighted by atomic mass is 14.3. The third-order valence-corrected chi connectivity index (χ3v) is 6.83. The predicted molar refractivity (Wildman–Crippen MR) is 141 cm³/mol. The van der Waals surface area contributed by atoms with Gasteiger partial charge in [0.1, 0.15) is 24.3 Å². The summed E-state index contributed by atoms with van der Waals surface area (Å²) < 4.78 is 0. The number of benzene rings is 6. The maximum absolute atomic E-state index is 10.0. The topological polar surface area (TPSA) is 95.2 Å². The highest BCUT2D eigenvalue weighted by Crippen LogP contribution is 2.38. The van der Waals surface area contributed by atoms with Crippen LogP contribution in [0.4, 0.5) is 0 Å². The molecule has 0 aliphatic heterocycles. The SMILES string of the molecule is N#Cc1c2ccccc2c(C#N)c2cc(-c3ccc4c(C#N)c5ccccc5c(C#N)c4c3)ccc12. The lowest BCUT2D eigenvalue weighted by Crippen LogP contribution is -1.92. The van der Waals surface area contributed by atoms with Crippen molar-refractivity contribution < 1.29 is 0 Å². The Kier molecular flexibility index (Phi) is 4.63. The molecule has 0 fully saturated rings. The standard InChI is InChI=1S/C32H14N4/c33-15-29-21-5-1-3-7-23(21)31(17-35)27-13-19(9-11-25(27)29)20-10-12-26-28(14-20)32(18-36)24-8-4-2-6-22(24)30(26)16-34/h1-14H. The second-order valence-electron chi connectivity index (χ2n) is 8.56. The molecule has 0 spiro atoms. The van der Waals surface area contributed by atoms with E-state index in [2.05, 4.69) is 24.3 Å². The van der Waals surface area contributed by atoms with Gasteiger partial charge in [-0.15, -0.1) is 0 Å². The van der Waals surface area contributed by atoms with Crippen molar-refractivity contribution >= 4 is 43.1 Å². The van der Waals surface area contributed by atoms with Gasteiger partial charge in [0.25, 0.3) is 0 Å². The van der Waals surface area contributed by atoms with Crippen molar-refractivity contribution in [2.24, 2.45) is 0 Å². The van der Waals surface area contributed by atoms with Gasteiger partial charge in [-0.3, -0.25) is 0 Å². The molecule has 36 heavy (non-hydrogen) atoms. The first-order chi connectivity index (χ1) is 17.7. The molecule has 4 heteroatoms. The number of nitriles is 4. The van der Waals surface area contributed by atoms with Gasteiger partial charge in [-0.2, -0.15) is 21.0 Å². The van der Waals surface area contributed by atoms with Gasteiger partial charge in [-0.1, -0.05) is 72.8 Å². The molecular formula is C32H14N4. The second-order valence-corrected chi connectivity index (χ2v) is 8.56. The van der Waals surface area contributed by atoms with E-state index in [1.807, 2.05) is 84.9 Å². The fraction of sp³-hybridized carbons (Fsp3) is 0. The van der Waals surface area contributed by atoms with E-state index in [1.54, 1.807) is 0 Å². The van der Waals surface area contributed by atoms with Gasteiger partial charge in [-0.25, -0.2) is 0 Å². The Morgan fingerprint density at radius 3 is 0.917 bits per heavy atom. The van der Waals surface area contributed by atoms with Crippen LogP contribution in [0.15, 0.2) is 84.9 Å². The molecule has 0 heterocycles. The zero-order valence-corrected chi connectivity index (χ0v) is 18.9. The summed E-state index contributed by atoms with van der Waals surface area (Å²) in [6.45, 7) is 0. The van der Waals surface area contributed by atoms with E-state index in [4.69, 9.17) is 0 Å². The summed E-state index contributed by atoms with van der Waals surface area (Å²) >= 11 is 0. The van der Waals surface area contributed by atoms with Gasteiger partial charge in [0, 0.05) is 43.1 Å². The summed E-state index contributed by atoms with van der Waals surface area (Å²) in [5.41, 5.74) is 3.85. The van der Waals surface area contributed by atoms with Crippen LogP contribution in [0.1, 0.15) is 22.3 Å². The highest BCUT2D eigenvalue weighted by molar-refractivity contribution is 6.12. The Labute approximate surface area is 206 Å². The molecule has 4 nitrogen and oxygen atoms in total. The Hall–Kier alpha value is -5.68. The second kappa shape index (κ2) is 7.97. The molecular weight excluding hydrogens is 440 g/mol. The largest absolute Gasteiger partial charge is 0.192 e. The Bertz CT molecular complexity index is 1940. The van der Waals surface area contributed by atoms with E-state index in [-0.39, 0.29) is 0 Å². The molecule has 0 saturated carbocycles. The van der Waals surface area contributed by atoms with Gasteiger partial charge in [0.15, 0.2) is 0 Å². The molecule has 0 saturated heterocycles. The van der Waals surface area contributed by atoms with Gasteiger partial charge in [0.2, 0.25) is 0 Å². The lowest BCUT2D eigenvalue weighted by Gasteiger charge is -2.13. The molecule has 6 aromatic carbocycles. The number of fused-ring (bicyclic) bond motifs is 4. The van der Waals surface area contributed by atoms with Crippen LogP contribution in [0, 0.1) is 45.3 Å². The van der Waals surface area contributed by atoms with Crippen LogP contribution in [0.2, 0.25) is 0 Å². The van der Waals surface area contributed by atoms with Crippen LogP contribution < -0.4 is 0 Å². The Morgan fingerprint density at radius 2 is 0.611 bits per heavy atom. The zero-order chi connectivity index (χ0) is 24.8. The first kappa shape index (κ1) is 20.9. The van der Waals surface area contributed by atoms with Crippen LogP contribution in [0.5, 0.6) is 0 Å². The van der Waals surface area contributed by atoms with E-state index in [9.17, 15) is 21.0 Å². The molecule has 0 amide bonds. The van der Waals surface area contributed by atoms with Crippen molar-refractivity contribution in [3.63, 3.8) is 0 Å². The predicted octanol–water partition coefficient (Wildman–Crippen LogP) is 7.45. The summed E-state index contributed by atoms with van der Waals surface area (Å²) in [6.07, 6.45) is 0. The fourth-order valence-corrected chi connectivity index (χ4v) is 5.20. The van der Waals surface area contributed by atoms with Crippen molar-refractivity contribution in [2.75, 3.05) is 0 Å². The van der Waals surface area contributed by atoms with Gasteiger partial charge >= 0.3 is 0 Å². The van der Waals surface area contributed by atoms with Crippen molar-refractivity contribution in [1.82, 2.24) is 0 Å². The number of hydrogen-bond acceptors (Lipinski definition) is 4. The molecule has 0 aliphatic carbocycles. The minimum absolute atomic E-state index is 0.526. The molecule has 162 valence electrons. The molecule has 0 N–H and O–H groups in total. The first-order valence-corrected chi connectivity index (χ1v) is 11.3. The van der Waals surface area contributed by atoms with Crippen LogP contribution in [0.3, 0.4) is 0 Å². The average Bonchev–Trinajstić information content (AvgIpc) is 2.93. The third-order valence-electron chi connectivity index (χ3n) is 6.83. The summed E-state index contributed by atoms with van der Waals surface area (Å²) in [5, 5.41) is 45.8.